The van der Waals surface area contributed by atoms with Crippen molar-refractivity contribution in [2.75, 3.05) is 13.7 Å². The van der Waals surface area contributed by atoms with Crippen LogP contribution in [-0.2, 0) is 10.3 Å². The molecule has 1 atom stereocenters. The molecule has 2 heterocycles. The van der Waals surface area contributed by atoms with Gasteiger partial charge in [-0.3, -0.25) is 0 Å². The number of thiazole rings is 1. The monoisotopic (exact) mass is 238 g/mol. The van der Waals surface area contributed by atoms with Gasteiger partial charge in [-0.05, 0) is 38.6 Å². The minimum absolute atomic E-state index is 0.0402. The zero-order chi connectivity index (χ0) is 11.0. The number of hydrogen-bond donors (Lipinski definition) is 1. The van der Waals surface area contributed by atoms with E-state index >= 15 is 0 Å². The van der Waals surface area contributed by atoms with Crippen LogP contribution in [0, 0.1) is 0 Å². The first-order valence-electron chi connectivity index (χ1n) is 6.08. The number of rotatable bonds is 3. The highest BCUT2D eigenvalue weighted by Crippen LogP contribution is 2.45. The summed E-state index contributed by atoms with van der Waals surface area (Å²) in [5.74, 6) is 0. The molecule has 0 amide bonds. The highest BCUT2D eigenvalue weighted by Gasteiger charge is 2.41. The van der Waals surface area contributed by atoms with Gasteiger partial charge in [0.25, 0.3) is 0 Å². The molecule has 0 aromatic carbocycles. The molecule has 0 spiro atoms. The zero-order valence-corrected chi connectivity index (χ0v) is 10.5. The molecule has 88 valence electrons. The van der Waals surface area contributed by atoms with Crippen molar-refractivity contribution >= 4 is 11.3 Å². The molecule has 3 nitrogen and oxygen atoms in total. The van der Waals surface area contributed by atoms with Gasteiger partial charge in [0, 0.05) is 12.5 Å². The fraction of sp³-hybridized carbons (Fsp3) is 0.750. The van der Waals surface area contributed by atoms with Crippen molar-refractivity contribution in [2.24, 2.45) is 0 Å². The van der Waals surface area contributed by atoms with E-state index in [4.69, 9.17) is 9.72 Å². The third-order valence-corrected chi connectivity index (χ3v) is 4.93. The molecule has 1 aromatic rings. The molecular formula is C12H18N2OS. The summed E-state index contributed by atoms with van der Waals surface area (Å²) >= 11 is 1.77. The SMILES string of the molecule is COC1(c2nc(C3CCCN3)cs2)CCC1. The van der Waals surface area contributed by atoms with Gasteiger partial charge >= 0.3 is 0 Å². The second kappa shape index (κ2) is 4.09. The zero-order valence-electron chi connectivity index (χ0n) is 9.66. The molecule has 4 heteroatoms. The lowest BCUT2D eigenvalue weighted by molar-refractivity contribution is -0.0780. The van der Waals surface area contributed by atoms with Crippen molar-refractivity contribution < 1.29 is 4.74 Å². The number of nitrogens with one attached hydrogen (secondary N) is 1. The Labute approximate surface area is 100 Å². The first-order valence-corrected chi connectivity index (χ1v) is 6.96. The first kappa shape index (κ1) is 10.7. The van der Waals surface area contributed by atoms with E-state index in [1.54, 1.807) is 11.3 Å². The summed E-state index contributed by atoms with van der Waals surface area (Å²) < 4.78 is 5.66. The fourth-order valence-corrected chi connectivity index (χ4v) is 3.71. The Kier molecular flexibility index (Phi) is 2.73. The number of nitrogens with zero attached hydrogens (tertiary/aromatic N) is 1. The van der Waals surface area contributed by atoms with E-state index in [0.717, 1.165) is 19.4 Å². The van der Waals surface area contributed by atoms with Gasteiger partial charge in [-0.15, -0.1) is 11.3 Å². The van der Waals surface area contributed by atoms with Gasteiger partial charge in [0.1, 0.15) is 10.6 Å². The average molecular weight is 238 g/mol. The maximum atomic E-state index is 5.66. The Balaban J connectivity index is 1.81. The quantitative estimate of drug-likeness (QED) is 0.879. The predicted octanol–water partition coefficient (Wildman–Crippen LogP) is 2.59. The van der Waals surface area contributed by atoms with Crippen LogP contribution < -0.4 is 5.32 Å². The van der Waals surface area contributed by atoms with Crippen molar-refractivity contribution in [1.29, 1.82) is 0 Å². The third-order valence-electron chi connectivity index (χ3n) is 3.88. The van der Waals surface area contributed by atoms with Crippen LogP contribution in [0.4, 0.5) is 0 Å². The van der Waals surface area contributed by atoms with E-state index in [1.807, 2.05) is 7.11 Å². The average Bonchev–Trinajstić information content (AvgIpc) is 2.86. The largest absolute Gasteiger partial charge is 0.371 e. The van der Waals surface area contributed by atoms with Gasteiger partial charge < -0.3 is 10.1 Å². The molecular weight excluding hydrogens is 220 g/mol. The van der Waals surface area contributed by atoms with E-state index in [1.165, 1.54) is 30.0 Å². The first-order chi connectivity index (χ1) is 7.84. The van der Waals surface area contributed by atoms with Crippen LogP contribution in [0.25, 0.3) is 0 Å². The Hall–Kier alpha value is -0.450. The molecule has 1 aromatic heterocycles. The minimum Gasteiger partial charge on any atom is -0.371 e. The van der Waals surface area contributed by atoms with Gasteiger partial charge in [0.15, 0.2) is 0 Å². The van der Waals surface area contributed by atoms with Crippen LogP contribution >= 0.6 is 11.3 Å². The second-order valence-corrected chi connectivity index (χ2v) is 5.64. The Bertz CT molecular complexity index is 361. The molecule has 1 aliphatic carbocycles. The molecule has 1 saturated heterocycles. The number of aromatic nitrogens is 1. The van der Waals surface area contributed by atoms with Crippen molar-refractivity contribution in [2.45, 2.75) is 43.7 Å². The Morgan fingerprint density at radius 1 is 1.50 bits per heavy atom. The number of methoxy groups -OCH3 is 1. The molecule has 1 unspecified atom stereocenters. The standard InChI is InChI=1S/C12H18N2OS/c1-15-12(5-3-6-12)11-14-10(8-16-11)9-4-2-7-13-9/h8-9,13H,2-7H2,1H3. The molecule has 1 N–H and O–H groups in total. The lowest BCUT2D eigenvalue weighted by atomic mass is 9.80. The van der Waals surface area contributed by atoms with Gasteiger partial charge in [-0.1, -0.05) is 0 Å². The van der Waals surface area contributed by atoms with Gasteiger partial charge in [-0.25, -0.2) is 4.98 Å². The summed E-state index contributed by atoms with van der Waals surface area (Å²) in [6.07, 6.45) is 6.03. The van der Waals surface area contributed by atoms with Crippen LogP contribution in [0.5, 0.6) is 0 Å². The molecule has 1 saturated carbocycles. The van der Waals surface area contributed by atoms with E-state index in [2.05, 4.69) is 10.7 Å². The molecule has 2 fully saturated rings. The summed E-state index contributed by atoms with van der Waals surface area (Å²) in [6.45, 7) is 1.13. The highest BCUT2D eigenvalue weighted by atomic mass is 32.1. The third kappa shape index (κ3) is 1.60. The van der Waals surface area contributed by atoms with Crippen LogP contribution in [0.2, 0.25) is 0 Å². The molecule has 16 heavy (non-hydrogen) atoms. The lowest BCUT2D eigenvalue weighted by Crippen LogP contribution is -2.36. The minimum atomic E-state index is -0.0402. The number of ether oxygens (including phenoxy) is 1. The van der Waals surface area contributed by atoms with E-state index < -0.39 is 0 Å². The molecule has 1 aliphatic heterocycles. The summed E-state index contributed by atoms with van der Waals surface area (Å²) in [5, 5.41) is 6.89. The Morgan fingerprint density at radius 2 is 2.38 bits per heavy atom. The maximum absolute atomic E-state index is 5.66. The molecule has 0 bridgehead atoms. The molecule has 2 aliphatic rings. The summed E-state index contributed by atoms with van der Waals surface area (Å²) in [5.41, 5.74) is 1.18. The summed E-state index contributed by atoms with van der Waals surface area (Å²) in [7, 11) is 1.81. The smallest absolute Gasteiger partial charge is 0.125 e. The van der Waals surface area contributed by atoms with Crippen LogP contribution in [0.3, 0.4) is 0 Å². The highest BCUT2D eigenvalue weighted by molar-refractivity contribution is 7.09. The predicted molar refractivity (Wildman–Crippen MR) is 64.6 cm³/mol. The van der Waals surface area contributed by atoms with E-state index in [-0.39, 0.29) is 5.60 Å². The van der Waals surface area contributed by atoms with Crippen LogP contribution in [0.15, 0.2) is 5.38 Å². The second-order valence-electron chi connectivity index (χ2n) is 4.78. The summed E-state index contributed by atoms with van der Waals surface area (Å²) in [6, 6.07) is 0.485. The molecule has 0 radical (unpaired) electrons. The van der Waals surface area contributed by atoms with Crippen molar-refractivity contribution in [3.63, 3.8) is 0 Å². The maximum Gasteiger partial charge on any atom is 0.125 e. The van der Waals surface area contributed by atoms with Crippen molar-refractivity contribution in [3.05, 3.63) is 16.1 Å². The van der Waals surface area contributed by atoms with E-state index in [9.17, 15) is 0 Å². The van der Waals surface area contributed by atoms with Crippen molar-refractivity contribution in [3.8, 4) is 0 Å². The molecule has 3 rings (SSSR count). The summed E-state index contributed by atoms with van der Waals surface area (Å²) in [4.78, 5) is 4.79. The topological polar surface area (TPSA) is 34.1 Å². The van der Waals surface area contributed by atoms with E-state index in [0.29, 0.717) is 6.04 Å². The van der Waals surface area contributed by atoms with Crippen molar-refractivity contribution in [1.82, 2.24) is 10.3 Å². The normalized spacial score (nSPS) is 27.9. The number of hydrogen-bond acceptors (Lipinski definition) is 4. The van der Waals surface area contributed by atoms with Crippen LogP contribution in [0.1, 0.15) is 48.8 Å². The van der Waals surface area contributed by atoms with Gasteiger partial charge in [-0.2, -0.15) is 0 Å². The van der Waals surface area contributed by atoms with Gasteiger partial charge in [0.05, 0.1) is 11.7 Å². The van der Waals surface area contributed by atoms with Gasteiger partial charge in [0.2, 0.25) is 0 Å². The van der Waals surface area contributed by atoms with Crippen LogP contribution in [-0.4, -0.2) is 18.6 Å². The fourth-order valence-electron chi connectivity index (χ4n) is 2.60. The lowest BCUT2D eigenvalue weighted by Gasteiger charge is -2.38. The Morgan fingerprint density at radius 3 is 2.94 bits per heavy atom.